The number of rotatable bonds is 3. The molecule has 0 aliphatic carbocycles. The second-order valence-corrected chi connectivity index (χ2v) is 4.52. The Morgan fingerprint density at radius 1 is 1.22 bits per heavy atom. The summed E-state index contributed by atoms with van der Waals surface area (Å²) in [4.78, 5) is 2.34. The Kier molecular flexibility index (Phi) is 3.25. The third-order valence-electron chi connectivity index (χ3n) is 3.34. The van der Waals surface area contributed by atoms with Crippen LogP contribution in [0.1, 0.15) is 0 Å². The minimum Gasteiger partial charge on any atom is -0.379 e. The fourth-order valence-electron chi connectivity index (χ4n) is 2.28. The molecule has 1 aliphatic rings. The van der Waals surface area contributed by atoms with Crippen molar-refractivity contribution < 1.29 is 9.13 Å². The zero-order valence-corrected chi connectivity index (χ0v) is 10.2. The van der Waals surface area contributed by atoms with E-state index in [9.17, 15) is 4.39 Å². The number of aromatic nitrogens is 2. The summed E-state index contributed by atoms with van der Waals surface area (Å²) in [5, 5.41) is 5.30. The lowest BCUT2D eigenvalue weighted by Gasteiger charge is -2.26. The smallest absolute Gasteiger partial charge is 0.125 e. The van der Waals surface area contributed by atoms with E-state index in [1.165, 1.54) is 6.07 Å². The number of halogens is 1. The maximum Gasteiger partial charge on any atom is 0.125 e. The molecule has 1 saturated heterocycles. The van der Waals surface area contributed by atoms with Crippen LogP contribution in [0.5, 0.6) is 0 Å². The van der Waals surface area contributed by atoms with Gasteiger partial charge < -0.3 is 4.74 Å². The average Bonchev–Trinajstić information content (AvgIpc) is 2.80. The van der Waals surface area contributed by atoms with Crippen LogP contribution < -0.4 is 0 Å². The van der Waals surface area contributed by atoms with Crippen molar-refractivity contribution in [2.75, 3.05) is 32.8 Å². The van der Waals surface area contributed by atoms with Gasteiger partial charge in [0.25, 0.3) is 0 Å². The summed E-state index contributed by atoms with van der Waals surface area (Å²) in [6.07, 6.45) is 1.79. The second-order valence-electron chi connectivity index (χ2n) is 4.52. The number of fused-ring (bicyclic) bond motifs is 1. The summed E-state index contributed by atoms with van der Waals surface area (Å²) < 4.78 is 20.4. The van der Waals surface area contributed by atoms with Crippen molar-refractivity contribution in [3.63, 3.8) is 0 Å². The number of hydrogen-bond acceptors (Lipinski definition) is 3. The summed E-state index contributed by atoms with van der Waals surface area (Å²) in [5.74, 6) is -0.212. The predicted octanol–water partition coefficient (Wildman–Crippen LogP) is 1.51. The molecule has 3 rings (SSSR count). The van der Waals surface area contributed by atoms with Gasteiger partial charge in [-0.05, 0) is 18.2 Å². The van der Waals surface area contributed by atoms with Crippen molar-refractivity contribution in [1.82, 2.24) is 14.7 Å². The molecule has 0 saturated carbocycles. The number of hydrogen-bond donors (Lipinski definition) is 0. The number of benzene rings is 1. The summed E-state index contributed by atoms with van der Waals surface area (Å²) in [6, 6.07) is 4.78. The Hall–Kier alpha value is -1.46. The van der Waals surface area contributed by atoms with Crippen molar-refractivity contribution >= 4 is 10.9 Å². The van der Waals surface area contributed by atoms with E-state index in [0.717, 1.165) is 50.3 Å². The Balaban J connectivity index is 1.72. The van der Waals surface area contributed by atoms with Gasteiger partial charge in [0.1, 0.15) is 5.82 Å². The normalized spacial score (nSPS) is 17.4. The molecular weight excluding hydrogens is 233 g/mol. The van der Waals surface area contributed by atoms with Crippen LogP contribution in [0.4, 0.5) is 4.39 Å². The van der Waals surface area contributed by atoms with Gasteiger partial charge in [0.2, 0.25) is 0 Å². The Morgan fingerprint density at radius 2 is 2.06 bits per heavy atom. The molecule has 96 valence electrons. The standard InChI is InChI=1S/C13H16FN3O/c14-12-2-1-11-10-15-17(13(11)9-12)4-3-16-5-7-18-8-6-16/h1-2,9-10H,3-8H2. The Bertz CT molecular complexity index is 534. The average molecular weight is 249 g/mol. The first-order valence-corrected chi connectivity index (χ1v) is 6.24. The molecule has 0 atom stereocenters. The van der Waals surface area contributed by atoms with Crippen molar-refractivity contribution in [3.8, 4) is 0 Å². The van der Waals surface area contributed by atoms with E-state index in [4.69, 9.17) is 4.74 Å². The predicted molar refractivity (Wildman–Crippen MR) is 67.0 cm³/mol. The van der Waals surface area contributed by atoms with E-state index < -0.39 is 0 Å². The van der Waals surface area contributed by atoms with Gasteiger partial charge in [0, 0.05) is 25.0 Å². The highest BCUT2D eigenvalue weighted by molar-refractivity contribution is 5.78. The quantitative estimate of drug-likeness (QED) is 0.826. The molecule has 1 aliphatic heterocycles. The first-order valence-electron chi connectivity index (χ1n) is 6.24. The van der Waals surface area contributed by atoms with Crippen molar-refractivity contribution in [2.45, 2.75) is 6.54 Å². The van der Waals surface area contributed by atoms with Crippen molar-refractivity contribution in [3.05, 3.63) is 30.2 Å². The SMILES string of the molecule is Fc1ccc2cnn(CCN3CCOCC3)c2c1. The molecule has 0 bridgehead atoms. The van der Waals surface area contributed by atoms with Crippen molar-refractivity contribution in [1.29, 1.82) is 0 Å². The second kappa shape index (κ2) is 5.04. The van der Waals surface area contributed by atoms with Crippen LogP contribution in [0.25, 0.3) is 10.9 Å². The van der Waals surface area contributed by atoms with Crippen molar-refractivity contribution in [2.24, 2.45) is 0 Å². The summed E-state index contributed by atoms with van der Waals surface area (Å²) in [6.45, 7) is 5.24. The van der Waals surface area contributed by atoms with E-state index in [1.807, 2.05) is 4.68 Å². The maximum atomic E-state index is 13.2. The molecule has 2 aromatic rings. The zero-order chi connectivity index (χ0) is 12.4. The molecule has 1 fully saturated rings. The molecule has 0 unspecified atom stereocenters. The minimum absolute atomic E-state index is 0.212. The van der Waals surface area contributed by atoms with Gasteiger partial charge >= 0.3 is 0 Å². The number of morpholine rings is 1. The van der Waals surface area contributed by atoms with Gasteiger partial charge in [-0.25, -0.2) is 4.39 Å². The van der Waals surface area contributed by atoms with Crippen LogP contribution in [0, 0.1) is 5.82 Å². The highest BCUT2D eigenvalue weighted by Gasteiger charge is 2.11. The first-order chi connectivity index (χ1) is 8.83. The van der Waals surface area contributed by atoms with Crippen LogP contribution in [0.3, 0.4) is 0 Å². The molecule has 0 N–H and O–H groups in total. The largest absolute Gasteiger partial charge is 0.379 e. The molecule has 18 heavy (non-hydrogen) atoms. The van der Waals surface area contributed by atoms with Gasteiger partial charge in [-0.3, -0.25) is 9.58 Å². The molecule has 0 amide bonds. The third kappa shape index (κ3) is 2.37. The van der Waals surface area contributed by atoms with Crippen LogP contribution in [-0.2, 0) is 11.3 Å². The Labute approximate surface area is 105 Å². The first kappa shape index (κ1) is 11.6. The van der Waals surface area contributed by atoms with E-state index in [-0.39, 0.29) is 5.82 Å². The van der Waals surface area contributed by atoms with Gasteiger partial charge in [-0.1, -0.05) is 0 Å². The number of ether oxygens (including phenoxy) is 1. The van der Waals surface area contributed by atoms with Crippen LogP contribution in [-0.4, -0.2) is 47.5 Å². The van der Waals surface area contributed by atoms with Crippen LogP contribution in [0.2, 0.25) is 0 Å². The van der Waals surface area contributed by atoms with Crippen LogP contribution >= 0.6 is 0 Å². The molecule has 4 nitrogen and oxygen atoms in total. The fraction of sp³-hybridized carbons (Fsp3) is 0.462. The lowest BCUT2D eigenvalue weighted by Crippen LogP contribution is -2.38. The third-order valence-corrected chi connectivity index (χ3v) is 3.34. The molecule has 1 aromatic heterocycles. The van der Waals surface area contributed by atoms with Gasteiger partial charge in [0.05, 0.1) is 31.5 Å². The lowest BCUT2D eigenvalue weighted by atomic mass is 10.2. The maximum absolute atomic E-state index is 13.2. The summed E-state index contributed by atoms with van der Waals surface area (Å²) in [7, 11) is 0. The summed E-state index contributed by atoms with van der Waals surface area (Å²) in [5.41, 5.74) is 0.864. The van der Waals surface area contributed by atoms with E-state index in [2.05, 4.69) is 10.00 Å². The van der Waals surface area contributed by atoms with Gasteiger partial charge in [-0.15, -0.1) is 0 Å². The fourth-order valence-corrected chi connectivity index (χ4v) is 2.28. The van der Waals surface area contributed by atoms with Gasteiger partial charge in [-0.2, -0.15) is 5.10 Å². The molecular formula is C13H16FN3O. The van der Waals surface area contributed by atoms with E-state index >= 15 is 0 Å². The van der Waals surface area contributed by atoms with Crippen LogP contribution in [0.15, 0.2) is 24.4 Å². The molecule has 0 radical (unpaired) electrons. The van der Waals surface area contributed by atoms with E-state index in [1.54, 1.807) is 18.3 Å². The molecule has 0 spiro atoms. The topological polar surface area (TPSA) is 30.3 Å². The number of nitrogens with zero attached hydrogens (tertiary/aromatic N) is 3. The van der Waals surface area contributed by atoms with Gasteiger partial charge in [0.15, 0.2) is 0 Å². The minimum atomic E-state index is -0.212. The molecule has 5 heteroatoms. The monoisotopic (exact) mass is 249 g/mol. The highest BCUT2D eigenvalue weighted by Crippen LogP contribution is 2.15. The molecule has 2 heterocycles. The zero-order valence-electron chi connectivity index (χ0n) is 10.2. The Morgan fingerprint density at radius 3 is 2.89 bits per heavy atom. The highest BCUT2D eigenvalue weighted by atomic mass is 19.1. The summed E-state index contributed by atoms with van der Waals surface area (Å²) >= 11 is 0. The van der Waals surface area contributed by atoms with E-state index in [0.29, 0.717) is 0 Å². The lowest BCUT2D eigenvalue weighted by molar-refractivity contribution is 0.0361. The molecule has 1 aromatic carbocycles.